The molecule has 2 N–H and O–H groups in total. The van der Waals surface area contributed by atoms with Crippen molar-refractivity contribution in [2.75, 3.05) is 13.1 Å². The molecule has 14 heavy (non-hydrogen) atoms. The molecule has 0 bridgehead atoms. The third-order valence-electron chi connectivity index (χ3n) is 2.13. The summed E-state index contributed by atoms with van der Waals surface area (Å²) in [6.45, 7) is 9.59. The van der Waals surface area contributed by atoms with Gasteiger partial charge in [-0.15, -0.1) is 17.9 Å². The van der Waals surface area contributed by atoms with E-state index in [1.165, 1.54) is 9.75 Å². The van der Waals surface area contributed by atoms with E-state index < -0.39 is 0 Å². The molecule has 0 fully saturated rings. The Kier molecular flexibility index (Phi) is 4.87. The summed E-state index contributed by atoms with van der Waals surface area (Å²) in [6.07, 6.45) is 1.95. The lowest BCUT2D eigenvalue weighted by atomic mass is 10.4. The first kappa shape index (κ1) is 11.4. The van der Waals surface area contributed by atoms with Crippen LogP contribution in [0.3, 0.4) is 0 Å². The van der Waals surface area contributed by atoms with Gasteiger partial charge in [0, 0.05) is 29.4 Å². The van der Waals surface area contributed by atoms with Gasteiger partial charge < -0.3 is 5.73 Å². The molecule has 0 saturated heterocycles. The molecule has 1 aromatic rings. The minimum absolute atomic E-state index is 0.651. The highest BCUT2D eigenvalue weighted by Gasteiger charge is 2.03. The van der Waals surface area contributed by atoms with Crippen molar-refractivity contribution in [3.05, 3.63) is 34.5 Å². The highest BCUT2D eigenvalue weighted by atomic mass is 32.1. The molecular weight excluding hydrogens is 192 g/mol. The van der Waals surface area contributed by atoms with E-state index in [-0.39, 0.29) is 0 Å². The molecular formula is C11H18N2S. The van der Waals surface area contributed by atoms with E-state index in [9.17, 15) is 0 Å². The number of rotatable bonds is 6. The van der Waals surface area contributed by atoms with Crippen LogP contribution >= 0.6 is 11.3 Å². The lowest BCUT2D eigenvalue weighted by Crippen LogP contribution is -2.22. The molecule has 3 heteroatoms. The molecule has 0 aliphatic rings. The lowest BCUT2D eigenvalue weighted by molar-refractivity contribution is 0.314. The molecule has 0 amide bonds. The van der Waals surface area contributed by atoms with Crippen LogP contribution in [0, 0.1) is 0 Å². The van der Waals surface area contributed by atoms with Crippen molar-refractivity contribution in [1.29, 1.82) is 0 Å². The zero-order valence-corrected chi connectivity index (χ0v) is 9.52. The zero-order valence-electron chi connectivity index (χ0n) is 8.70. The molecule has 78 valence electrons. The highest BCUT2D eigenvalue weighted by Crippen LogP contribution is 2.17. The molecule has 0 saturated carbocycles. The quantitative estimate of drug-likeness (QED) is 0.729. The zero-order chi connectivity index (χ0) is 10.4. The molecule has 0 unspecified atom stereocenters. The normalized spacial score (nSPS) is 10.8. The number of likely N-dealkylation sites (N-methyl/N-ethyl adjacent to an activating group) is 1. The topological polar surface area (TPSA) is 29.3 Å². The van der Waals surface area contributed by atoms with E-state index in [0.717, 1.165) is 19.6 Å². The van der Waals surface area contributed by atoms with Gasteiger partial charge in [0.2, 0.25) is 0 Å². The first-order chi connectivity index (χ1) is 6.80. The second-order valence-corrected chi connectivity index (χ2v) is 4.44. The fourth-order valence-corrected chi connectivity index (χ4v) is 2.26. The smallest absolute Gasteiger partial charge is 0.0331 e. The Morgan fingerprint density at radius 1 is 1.50 bits per heavy atom. The van der Waals surface area contributed by atoms with Crippen molar-refractivity contribution in [1.82, 2.24) is 4.90 Å². The molecule has 0 aliphatic carbocycles. The van der Waals surface area contributed by atoms with Crippen LogP contribution in [0.5, 0.6) is 0 Å². The van der Waals surface area contributed by atoms with Gasteiger partial charge in [0.15, 0.2) is 0 Å². The summed E-state index contributed by atoms with van der Waals surface area (Å²) in [6, 6.07) is 4.28. The third-order valence-corrected chi connectivity index (χ3v) is 3.22. The largest absolute Gasteiger partial charge is 0.326 e. The molecule has 1 rings (SSSR count). The average Bonchev–Trinajstić information content (AvgIpc) is 2.65. The second kappa shape index (κ2) is 5.96. The van der Waals surface area contributed by atoms with Gasteiger partial charge in [-0.3, -0.25) is 4.90 Å². The highest BCUT2D eigenvalue weighted by molar-refractivity contribution is 7.11. The minimum atomic E-state index is 0.651. The molecule has 1 aromatic heterocycles. The SMILES string of the molecule is C=CCN(CC)Cc1ccc(CN)s1. The van der Waals surface area contributed by atoms with Crippen molar-refractivity contribution in [3.8, 4) is 0 Å². The summed E-state index contributed by atoms with van der Waals surface area (Å²) >= 11 is 1.80. The summed E-state index contributed by atoms with van der Waals surface area (Å²) in [7, 11) is 0. The maximum Gasteiger partial charge on any atom is 0.0331 e. The van der Waals surface area contributed by atoms with Crippen molar-refractivity contribution in [2.45, 2.75) is 20.0 Å². The van der Waals surface area contributed by atoms with E-state index >= 15 is 0 Å². The third kappa shape index (κ3) is 3.25. The van der Waals surface area contributed by atoms with Gasteiger partial charge in [0.05, 0.1) is 0 Å². The van der Waals surface area contributed by atoms with E-state index in [2.05, 4.69) is 30.5 Å². The molecule has 0 radical (unpaired) electrons. The number of nitrogens with two attached hydrogens (primary N) is 1. The van der Waals surface area contributed by atoms with E-state index in [4.69, 9.17) is 5.73 Å². The van der Waals surface area contributed by atoms with Gasteiger partial charge in [-0.25, -0.2) is 0 Å². The lowest BCUT2D eigenvalue weighted by Gasteiger charge is -2.16. The Labute approximate surface area is 90.0 Å². The predicted octanol–water partition coefficient (Wildman–Crippen LogP) is 2.21. The van der Waals surface area contributed by atoms with Crippen LogP contribution in [0.2, 0.25) is 0 Å². The van der Waals surface area contributed by atoms with Gasteiger partial charge in [0.25, 0.3) is 0 Å². The van der Waals surface area contributed by atoms with Crippen molar-refractivity contribution in [3.63, 3.8) is 0 Å². The summed E-state index contributed by atoms with van der Waals surface area (Å²) in [5.41, 5.74) is 5.57. The van der Waals surface area contributed by atoms with E-state index in [1.807, 2.05) is 6.08 Å². The summed E-state index contributed by atoms with van der Waals surface area (Å²) in [5.74, 6) is 0. The maximum absolute atomic E-state index is 5.57. The summed E-state index contributed by atoms with van der Waals surface area (Å²) in [4.78, 5) is 4.99. The molecule has 0 aliphatic heterocycles. The van der Waals surface area contributed by atoms with Gasteiger partial charge in [-0.05, 0) is 18.7 Å². The molecule has 0 aromatic carbocycles. The Bertz CT molecular complexity index is 281. The van der Waals surface area contributed by atoms with Crippen LogP contribution < -0.4 is 5.73 Å². The Hall–Kier alpha value is -0.640. The standard InChI is InChI=1S/C11H18N2S/c1-3-7-13(4-2)9-11-6-5-10(8-12)14-11/h3,5-6H,1,4,7-9,12H2,2H3. The number of hydrogen-bond acceptors (Lipinski definition) is 3. The van der Waals surface area contributed by atoms with Crippen LogP contribution in [0.1, 0.15) is 16.7 Å². The van der Waals surface area contributed by atoms with Gasteiger partial charge in [0.1, 0.15) is 0 Å². The van der Waals surface area contributed by atoms with E-state index in [1.54, 1.807) is 11.3 Å². The minimum Gasteiger partial charge on any atom is -0.326 e. The molecule has 0 spiro atoms. The van der Waals surface area contributed by atoms with Gasteiger partial charge >= 0.3 is 0 Å². The first-order valence-corrected chi connectivity index (χ1v) is 5.72. The van der Waals surface area contributed by atoms with Crippen LogP contribution in [-0.4, -0.2) is 18.0 Å². The van der Waals surface area contributed by atoms with Crippen molar-refractivity contribution >= 4 is 11.3 Å². The predicted molar refractivity (Wildman–Crippen MR) is 63.4 cm³/mol. The summed E-state index contributed by atoms with van der Waals surface area (Å²) < 4.78 is 0. The molecule has 0 atom stereocenters. The van der Waals surface area contributed by atoms with Crippen molar-refractivity contribution < 1.29 is 0 Å². The number of thiophene rings is 1. The van der Waals surface area contributed by atoms with Crippen LogP contribution in [0.25, 0.3) is 0 Å². The fraction of sp³-hybridized carbons (Fsp3) is 0.455. The van der Waals surface area contributed by atoms with Crippen LogP contribution in [0.15, 0.2) is 24.8 Å². The monoisotopic (exact) mass is 210 g/mol. The average molecular weight is 210 g/mol. The maximum atomic E-state index is 5.57. The van der Waals surface area contributed by atoms with E-state index in [0.29, 0.717) is 6.54 Å². The van der Waals surface area contributed by atoms with Crippen LogP contribution in [0.4, 0.5) is 0 Å². The van der Waals surface area contributed by atoms with Crippen molar-refractivity contribution in [2.24, 2.45) is 5.73 Å². The number of hydrogen-bond donors (Lipinski definition) is 1. The van der Waals surface area contributed by atoms with Gasteiger partial charge in [-0.1, -0.05) is 13.0 Å². The fourth-order valence-electron chi connectivity index (χ4n) is 1.33. The first-order valence-electron chi connectivity index (χ1n) is 4.91. The molecule has 2 nitrogen and oxygen atoms in total. The van der Waals surface area contributed by atoms with Gasteiger partial charge in [-0.2, -0.15) is 0 Å². The second-order valence-electron chi connectivity index (χ2n) is 3.19. The Morgan fingerprint density at radius 3 is 2.71 bits per heavy atom. The Morgan fingerprint density at radius 2 is 2.21 bits per heavy atom. The van der Waals surface area contributed by atoms with Crippen LogP contribution in [-0.2, 0) is 13.1 Å². The summed E-state index contributed by atoms with van der Waals surface area (Å²) in [5, 5.41) is 0. The Balaban J connectivity index is 2.52. The molecule has 1 heterocycles. The number of nitrogens with zero attached hydrogens (tertiary/aromatic N) is 1.